The van der Waals surface area contributed by atoms with Crippen molar-refractivity contribution in [2.24, 2.45) is 0 Å². The normalized spacial score (nSPS) is 13.7. The van der Waals surface area contributed by atoms with Gasteiger partial charge in [-0.25, -0.2) is 0 Å². The molecule has 0 bridgehead atoms. The maximum atomic E-state index is 5.48. The lowest BCUT2D eigenvalue weighted by Gasteiger charge is -2.22. The van der Waals surface area contributed by atoms with Crippen LogP contribution in [0.25, 0.3) is 0 Å². The number of aryl methyl sites for hydroxylation is 1. The minimum absolute atomic E-state index is 0.263. The van der Waals surface area contributed by atoms with Crippen molar-refractivity contribution in [3.05, 3.63) is 65.2 Å². The van der Waals surface area contributed by atoms with Crippen LogP contribution < -0.4 is 10.1 Å². The van der Waals surface area contributed by atoms with E-state index in [1.807, 2.05) is 6.07 Å². The highest BCUT2D eigenvalue weighted by Crippen LogP contribution is 2.26. The molecule has 112 valence electrons. The van der Waals surface area contributed by atoms with Crippen molar-refractivity contribution in [1.82, 2.24) is 5.32 Å². The van der Waals surface area contributed by atoms with Crippen molar-refractivity contribution < 1.29 is 4.74 Å². The summed E-state index contributed by atoms with van der Waals surface area (Å²) in [6.45, 7) is 6.54. The zero-order valence-electron chi connectivity index (χ0n) is 13.4. The lowest BCUT2D eigenvalue weighted by molar-refractivity contribution is 0.395. The molecule has 2 atom stereocenters. The number of hydrogen-bond donors (Lipinski definition) is 1. The van der Waals surface area contributed by atoms with E-state index in [2.05, 4.69) is 68.6 Å². The van der Waals surface area contributed by atoms with E-state index < -0.39 is 0 Å². The van der Waals surface area contributed by atoms with Crippen LogP contribution in [0.2, 0.25) is 0 Å². The monoisotopic (exact) mass is 283 g/mol. The molecule has 2 aromatic rings. The number of methoxy groups -OCH3 is 1. The molecule has 2 nitrogen and oxygen atoms in total. The Bertz CT molecular complexity index is 565. The molecule has 0 saturated heterocycles. The summed E-state index contributed by atoms with van der Waals surface area (Å²) < 4.78 is 5.48. The molecular formula is C19H25NO. The summed E-state index contributed by atoms with van der Waals surface area (Å²) in [5.74, 6) is 0.951. The highest BCUT2D eigenvalue weighted by atomic mass is 16.5. The van der Waals surface area contributed by atoms with Gasteiger partial charge >= 0.3 is 0 Å². The molecule has 0 fully saturated rings. The Balaban J connectivity index is 2.03. The minimum Gasteiger partial charge on any atom is -0.496 e. The van der Waals surface area contributed by atoms with Crippen molar-refractivity contribution in [3.63, 3.8) is 0 Å². The second-order valence-electron chi connectivity index (χ2n) is 5.72. The highest BCUT2D eigenvalue weighted by molar-refractivity contribution is 5.39. The third-order valence-corrected chi connectivity index (χ3v) is 3.77. The zero-order valence-corrected chi connectivity index (χ0v) is 13.4. The Kier molecular flexibility index (Phi) is 5.40. The summed E-state index contributed by atoms with van der Waals surface area (Å²) in [5.41, 5.74) is 3.84. The van der Waals surface area contributed by atoms with E-state index in [0.717, 1.165) is 12.2 Å². The lowest BCUT2D eigenvalue weighted by Crippen LogP contribution is -2.31. The molecule has 0 amide bonds. The van der Waals surface area contributed by atoms with E-state index in [4.69, 9.17) is 4.74 Å². The Morgan fingerprint density at radius 1 is 1.05 bits per heavy atom. The van der Waals surface area contributed by atoms with Gasteiger partial charge in [0.1, 0.15) is 5.75 Å². The molecule has 0 aliphatic carbocycles. The zero-order chi connectivity index (χ0) is 15.2. The highest BCUT2D eigenvalue weighted by Gasteiger charge is 2.14. The van der Waals surface area contributed by atoms with Gasteiger partial charge in [0, 0.05) is 17.6 Å². The Morgan fingerprint density at radius 2 is 1.76 bits per heavy atom. The van der Waals surface area contributed by atoms with Crippen LogP contribution >= 0.6 is 0 Å². The second kappa shape index (κ2) is 7.28. The average molecular weight is 283 g/mol. The van der Waals surface area contributed by atoms with Gasteiger partial charge in [0.2, 0.25) is 0 Å². The average Bonchev–Trinajstić information content (AvgIpc) is 2.48. The summed E-state index contributed by atoms with van der Waals surface area (Å²) in [6, 6.07) is 17.6. The van der Waals surface area contributed by atoms with Gasteiger partial charge in [-0.15, -0.1) is 0 Å². The maximum Gasteiger partial charge on any atom is 0.123 e. The van der Waals surface area contributed by atoms with E-state index in [1.165, 1.54) is 16.7 Å². The van der Waals surface area contributed by atoms with Crippen molar-refractivity contribution in [1.29, 1.82) is 0 Å². The fourth-order valence-corrected chi connectivity index (χ4v) is 2.74. The maximum absolute atomic E-state index is 5.48. The van der Waals surface area contributed by atoms with Gasteiger partial charge in [-0.3, -0.25) is 0 Å². The van der Waals surface area contributed by atoms with Crippen LogP contribution in [0.4, 0.5) is 0 Å². The largest absolute Gasteiger partial charge is 0.496 e. The molecule has 0 heterocycles. The first-order valence-corrected chi connectivity index (χ1v) is 7.54. The first kappa shape index (κ1) is 15.6. The van der Waals surface area contributed by atoms with Crippen LogP contribution in [-0.4, -0.2) is 13.2 Å². The SMILES string of the molecule is COc1ccc(C)cc1C(C)NC(C)Cc1ccccc1. The van der Waals surface area contributed by atoms with Crippen molar-refractivity contribution in [2.45, 2.75) is 39.3 Å². The number of hydrogen-bond acceptors (Lipinski definition) is 2. The Labute approximate surface area is 128 Å². The van der Waals surface area contributed by atoms with Gasteiger partial charge < -0.3 is 10.1 Å². The predicted molar refractivity (Wildman–Crippen MR) is 88.9 cm³/mol. The molecule has 0 aliphatic rings. The number of benzene rings is 2. The van der Waals surface area contributed by atoms with Gasteiger partial charge in [-0.05, 0) is 38.8 Å². The molecule has 0 spiro atoms. The minimum atomic E-state index is 0.263. The number of nitrogens with one attached hydrogen (secondary N) is 1. The van der Waals surface area contributed by atoms with E-state index in [1.54, 1.807) is 7.11 Å². The van der Waals surface area contributed by atoms with E-state index in [-0.39, 0.29) is 6.04 Å². The molecule has 0 saturated carbocycles. The van der Waals surface area contributed by atoms with Crippen LogP contribution in [0.3, 0.4) is 0 Å². The topological polar surface area (TPSA) is 21.3 Å². The van der Waals surface area contributed by atoms with E-state index in [0.29, 0.717) is 6.04 Å². The van der Waals surface area contributed by atoms with Gasteiger partial charge in [-0.2, -0.15) is 0 Å². The van der Waals surface area contributed by atoms with Crippen LogP contribution in [0.1, 0.15) is 36.6 Å². The molecule has 2 heteroatoms. The standard InChI is InChI=1S/C19H25NO/c1-14-10-11-19(21-4)18(12-14)16(3)20-15(2)13-17-8-6-5-7-9-17/h5-12,15-16,20H,13H2,1-4H3. The molecule has 2 aromatic carbocycles. The molecule has 0 aliphatic heterocycles. The summed E-state index contributed by atoms with van der Waals surface area (Å²) in [6.07, 6.45) is 1.03. The molecule has 2 rings (SSSR count). The smallest absolute Gasteiger partial charge is 0.123 e. The third kappa shape index (κ3) is 4.33. The molecule has 2 unspecified atom stereocenters. The van der Waals surface area contributed by atoms with Gasteiger partial charge in [-0.1, -0.05) is 48.0 Å². The van der Waals surface area contributed by atoms with Crippen LogP contribution in [0, 0.1) is 6.92 Å². The van der Waals surface area contributed by atoms with Crippen molar-refractivity contribution in [3.8, 4) is 5.75 Å². The van der Waals surface area contributed by atoms with Crippen molar-refractivity contribution >= 4 is 0 Å². The first-order chi connectivity index (χ1) is 10.1. The quantitative estimate of drug-likeness (QED) is 0.854. The van der Waals surface area contributed by atoms with Gasteiger partial charge in [0.15, 0.2) is 0 Å². The van der Waals surface area contributed by atoms with Crippen LogP contribution in [0.5, 0.6) is 5.75 Å². The summed E-state index contributed by atoms with van der Waals surface area (Å²) in [5, 5.41) is 3.67. The van der Waals surface area contributed by atoms with Crippen LogP contribution in [0.15, 0.2) is 48.5 Å². The fourth-order valence-electron chi connectivity index (χ4n) is 2.74. The van der Waals surface area contributed by atoms with E-state index in [9.17, 15) is 0 Å². The predicted octanol–water partition coefficient (Wildman–Crippen LogP) is 4.29. The van der Waals surface area contributed by atoms with E-state index >= 15 is 0 Å². The van der Waals surface area contributed by atoms with Gasteiger partial charge in [0.25, 0.3) is 0 Å². The third-order valence-electron chi connectivity index (χ3n) is 3.77. The Hall–Kier alpha value is -1.80. The van der Waals surface area contributed by atoms with Crippen LogP contribution in [-0.2, 0) is 6.42 Å². The lowest BCUT2D eigenvalue weighted by atomic mass is 10.0. The molecule has 0 radical (unpaired) electrons. The molecular weight excluding hydrogens is 258 g/mol. The molecule has 1 N–H and O–H groups in total. The first-order valence-electron chi connectivity index (χ1n) is 7.54. The van der Waals surface area contributed by atoms with Crippen molar-refractivity contribution in [2.75, 3.05) is 7.11 Å². The summed E-state index contributed by atoms with van der Waals surface area (Å²) in [4.78, 5) is 0. The van der Waals surface area contributed by atoms with Gasteiger partial charge in [0.05, 0.1) is 7.11 Å². The molecule has 0 aromatic heterocycles. The summed E-state index contributed by atoms with van der Waals surface area (Å²) >= 11 is 0. The molecule has 21 heavy (non-hydrogen) atoms. The Morgan fingerprint density at radius 3 is 2.43 bits per heavy atom. The second-order valence-corrected chi connectivity index (χ2v) is 5.72. The summed E-state index contributed by atoms with van der Waals surface area (Å²) in [7, 11) is 1.73. The fraction of sp³-hybridized carbons (Fsp3) is 0.368. The number of rotatable bonds is 6. The number of ether oxygens (including phenoxy) is 1.